The average molecular weight is 506 g/mol. The van der Waals surface area contributed by atoms with E-state index in [1.807, 2.05) is 6.92 Å². The van der Waals surface area contributed by atoms with Crippen LogP contribution in [-0.4, -0.2) is 29.7 Å². The third-order valence-electron chi connectivity index (χ3n) is 5.76. The maximum atomic E-state index is 13.6. The molecule has 37 heavy (non-hydrogen) atoms. The second kappa shape index (κ2) is 9.73. The van der Waals surface area contributed by atoms with E-state index in [2.05, 4.69) is 5.32 Å². The summed E-state index contributed by atoms with van der Waals surface area (Å²) in [6, 6.07) is 12.4. The topological polar surface area (TPSA) is 95.9 Å². The molecule has 0 unspecified atom stereocenters. The van der Waals surface area contributed by atoms with Crippen LogP contribution in [-0.2, 0) is 11.3 Å². The van der Waals surface area contributed by atoms with Crippen LogP contribution in [0.3, 0.4) is 0 Å². The van der Waals surface area contributed by atoms with Crippen molar-refractivity contribution in [2.24, 2.45) is 0 Å². The maximum Gasteiger partial charge on any atom is 0.244 e. The molecule has 0 saturated heterocycles. The number of benzene rings is 3. The monoisotopic (exact) mass is 506 g/mol. The normalized spacial score (nSPS) is 12.0. The Hall–Kier alpha value is -4.73. The molecule has 2 heterocycles. The lowest BCUT2D eigenvalue weighted by Gasteiger charge is -2.14. The molecule has 10 heteroatoms. The predicted octanol–water partition coefficient (Wildman–Crippen LogP) is 4.28. The number of amides is 1. The number of ether oxygens (including phenoxy) is 3. The van der Waals surface area contributed by atoms with Gasteiger partial charge in [-0.25, -0.2) is 8.78 Å². The summed E-state index contributed by atoms with van der Waals surface area (Å²) in [5.74, 6) is -1.98. The number of carbonyl (C=O) groups is 2. The third kappa shape index (κ3) is 4.73. The Labute approximate surface area is 209 Å². The summed E-state index contributed by atoms with van der Waals surface area (Å²) >= 11 is 0. The first-order valence-electron chi connectivity index (χ1n) is 11.3. The number of halogens is 2. The number of hydrogen-bond donors (Lipinski definition) is 1. The van der Waals surface area contributed by atoms with Crippen molar-refractivity contribution in [2.75, 3.05) is 18.7 Å². The van der Waals surface area contributed by atoms with Crippen LogP contribution in [0.2, 0.25) is 0 Å². The van der Waals surface area contributed by atoms with Crippen LogP contribution in [0.25, 0.3) is 10.9 Å². The predicted molar refractivity (Wildman–Crippen MR) is 130 cm³/mol. The average Bonchev–Trinajstić information content (AvgIpc) is 3.35. The van der Waals surface area contributed by atoms with E-state index < -0.39 is 28.8 Å². The molecule has 8 nitrogen and oxygen atoms in total. The van der Waals surface area contributed by atoms with E-state index in [-0.39, 0.29) is 35.5 Å². The van der Waals surface area contributed by atoms with Crippen molar-refractivity contribution < 1.29 is 32.6 Å². The molecule has 0 radical (unpaired) electrons. The minimum absolute atomic E-state index is 0.0333. The van der Waals surface area contributed by atoms with Crippen molar-refractivity contribution in [3.8, 4) is 17.2 Å². The number of fused-ring (bicyclic) bond motifs is 2. The molecule has 5 rings (SSSR count). The van der Waals surface area contributed by atoms with Gasteiger partial charge in [-0.1, -0.05) is 0 Å². The number of nitrogens with one attached hydrogen (secondary N) is 1. The fraction of sp³-hybridized carbons (Fsp3) is 0.148. The van der Waals surface area contributed by atoms with E-state index in [9.17, 15) is 23.2 Å². The van der Waals surface area contributed by atoms with Gasteiger partial charge in [-0.3, -0.25) is 14.4 Å². The number of pyridine rings is 1. The van der Waals surface area contributed by atoms with E-state index in [0.29, 0.717) is 29.4 Å². The first-order valence-corrected chi connectivity index (χ1v) is 11.3. The molecule has 0 fully saturated rings. The number of nitrogens with zero attached hydrogens (tertiary/aromatic N) is 1. The highest BCUT2D eigenvalue weighted by atomic mass is 19.2. The second-order valence-electron chi connectivity index (χ2n) is 8.19. The van der Waals surface area contributed by atoms with Crippen LogP contribution in [0.4, 0.5) is 14.5 Å². The van der Waals surface area contributed by atoms with Gasteiger partial charge < -0.3 is 24.1 Å². The molecule has 1 amide bonds. The zero-order chi connectivity index (χ0) is 26.1. The lowest BCUT2D eigenvalue weighted by Crippen LogP contribution is -2.24. The Kier molecular flexibility index (Phi) is 6.31. The minimum atomic E-state index is -1.11. The molecule has 1 aliphatic rings. The number of carbonyl (C=O) groups excluding carboxylic acids is 2. The summed E-state index contributed by atoms with van der Waals surface area (Å²) in [6.45, 7) is 1.93. The molecule has 0 bridgehead atoms. The number of hydrogen-bond acceptors (Lipinski definition) is 6. The fourth-order valence-corrected chi connectivity index (χ4v) is 4.03. The van der Waals surface area contributed by atoms with Crippen LogP contribution in [0.15, 0.2) is 65.6 Å². The van der Waals surface area contributed by atoms with Gasteiger partial charge in [-0.2, -0.15) is 0 Å². The molecule has 0 spiro atoms. The van der Waals surface area contributed by atoms with Gasteiger partial charge in [0.05, 0.1) is 23.1 Å². The Balaban J connectivity index is 1.55. The Bertz CT molecular complexity index is 1600. The summed E-state index contributed by atoms with van der Waals surface area (Å²) in [5.41, 5.74) is -0.0467. The first-order chi connectivity index (χ1) is 17.8. The lowest BCUT2D eigenvalue weighted by molar-refractivity contribution is -0.116. The highest BCUT2D eigenvalue weighted by Crippen LogP contribution is 2.35. The maximum absolute atomic E-state index is 13.6. The summed E-state index contributed by atoms with van der Waals surface area (Å²) in [5, 5.41) is 2.64. The van der Waals surface area contributed by atoms with Crippen molar-refractivity contribution in [1.29, 1.82) is 0 Å². The number of rotatable bonds is 7. The van der Waals surface area contributed by atoms with Gasteiger partial charge in [0.15, 0.2) is 28.9 Å². The highest BCUT2D eigenvalue weighted by molar-refractivity contribution is 6.10. The molecular weight excluding hydrogens is 486 g/mol. The lowest BCUT2D eigenvalue weighted by atomic mass is 10.0. The van der Waals surface area contributed by atoms with E-state index in [0.717, 1.165) is 12.1 Å². The fourth-order valence-electron chi connectivity index (χ4n) is 4.03. The molecular formula is C27H20F2N2O6. The van der Waals surface area contributed by atoms with Gasteiger partial charge in [0.1, 0.15) is 12.3 Å². The summed E-state index contributed by atoms with van der Waals surface area (Å²) in [6.07, 6.45) is 1.30. The molecule has 0 atom stereocenters. The molecule has 3 aromatic carbocycles. The van der Waals surface area contributed by atoms with E-state index >= 15 is 0 Å². The standard InChI is InChI=1S/C27H20F2N2O6/c1-2-35-17-6-3-15(4-7-17)26(33)19-12-31(13-25(32)30-16-5-8-20(28)21(29)9-16)22-11-24-23(36-14-37-24)10-18(22)27(19)34/h3-12H,2,13-14H2,1H3,(H,30,32). The molecule has 0 aliphatic carbocycles. The van der Waals surface area contributed by atoms with E-state index in [1.165, 1.54) is 22.9 Å². The van der Waals surface area contributed by atoms with Crippen molar-refractivity contribution in [2.45, 2.75) is 13.5 Å². The summed E-state index contributed by atoms with van der Waals surface area (Å²) < 4.78 is 44.4. The van der Waals surface area contributed by atoms with Gasteiger partial charge in [0.2, 0.25) is 18.1 Å². The van der Waals surface area contributed by atoms with Crippen LogP contribution in [0, 0.1) is 11.6 Å². The van der Waals surface area contributed by atoms with Crippen molar-refractivity contribution in [3.05, 3.63) is 93.8 Å². The Morgan fingerprint density at radius 2 is 1.73 bits per heavy atom. The number of anilines is 1. The molecule has 188 valence electrons. The second-order valence-corrected chi connectivity index (χ2v) is 8.19. The first kappa shape index (κ1) is 24.0. The molecule has 1 N–H and O–H groups in total. The van der Waals surface area contributed by atoms with E-state index in [1.54, 1.807) is 30.3 Å². The Morgan fingerprint density at radius 3 is 2.43 bits per heavy atom. The van der Waals surface area contributed by atoms with Crippen LogP contribution in [0.1, 0.15) is 22.8 Å². The molecule has 1 aliphatic heterocycles. The zero-order valence-corrected chi connectivity index (χ0v) is 19.5. The van der Waals surface area contributed by atoms with Crippen LogP contribution < -0.4 is 25.0 Å². The van der Waals surface area contributed by atoms with Gasteiger partial charge in [0, 0.05) is 29.6 Å². The molecule has 1 aromatic heterocycles. The number of aromatic nitrogens is 1. The zero-order valence-electron chi connectivity index (χ0n) is 19.5. The van der Waals surface area contributed by atoms with E-state index in [4.69, 9.17) is 14.2 Å². The quantitative estimate of drug-likeness (QED) is 0.376. The summed E-state index contributed by atoms with van der Waals surface area (Å²) in [7, 11) is 0. The largest absolute Gasteiger partial charge is 0.494 e. The van der Waals surface area contributed by atoms with Gasteiger partial charge in [-0.05, 0) is 49.4 Å². The van der Waals surface area contributed by atoms with Gasteiger partial charge in [-0.15, -0.1) is 0 Å². The van der Waals surface area contributed by atoms with Gasteiger partial charge in [0.25, 0.3) is 0 Å². The van der Waals surface area contributed by atoms with Crippen LogP contribution in [0.5, 0.6) is 17.2 Å². The number of ketones is 1. The minimum Gasteiger partial charge on any atom is -0.494 e. The Morgan fingerprint density at radius 1 is 1.00 bits per heavy atom. The van der Waals surface area contributed by atoms with Crippen LogP contribution >= 0.6 is 0 Å². The van der Waals surface area contributed by atoms with Gasteiger partial charge >= 0.3 is 0 Å². The van der Waals surface area contributed by atoms with Crippen molar-refractivity contribution in [1.82, 2.24) is 4.57 Å². The molecule has 4 aromatic rings. The van der Waals surface area contributed by atoms with Crippen molar-refractivity contribution in [3.63, 3.8) is 0 Å². The summed E-state index contributed by atoms with van der Waals surface area (Å²) in [4.78, 5) is 39.5. The third-order valence-corrected chi connectivity index (χ3v) is 5.76. The SMILES string of the molecule is CCOc1ccc(C(=O)c2cn(CC(=O)Nc3ccc(F)c(F)c3)c3cc4c(cc3c2=O)OCO4)cc1. The van der Waals surface area contributed by atoms with Crippen molar-refractivity contribution >= 4 is 28.3 Å². The molecule has 0 saturated carbocycles. The highest BCUT2D eigenvalue weighted by Gasteiger charge is 2.22. The smallest absolute Gasteiger partial charge is 0.244 e.